The molecule has 3 rings (SSSR count). The van der Waals surface area contributed by atoms with E-state index in [1.54, 1.807) is 24.1 Å². The van der Waals surface area contributed by atoms with Crippen LogP contribution in [0.5, 0.6) is 5.75 Å². The molecular formula is C19H21N3O6S. The summed E-state index contributed by atoms with van der Waals surface area (Å²) in [5, 5.41) is 2.71. The summed E-state index contributed by atoms with van der Waals surface area (Å²) in [6.45, 7) is 1.96. The number of hydrogen-bond acceptors (Lipinski definition) is 7. The molecule has 1 aromatic carbocycles. The number of carbonyl (C=O) groups excluding carboxylic acids is 2. The Balaban J connectivity index is 1.54. The van der Waals surface area contributed by atoms with Gasteiger partial charge in [-0.25, -0.2) is 13.2 Å². The van der Waals surface area contributed by atoms with E-state index in [-0.39, 0.29) is 30.3 Å². The van der Waals surface area contributed by atoms with Crippen molar-refractivity contribution in [1.29, 1.82) is 0 Å². The lowest BCUT2D eigenvalue weighted by molar-refractivity contribution is -0.151. The van der Waals surface area contributed by atoms with Crippen LogP contribution in [0.2, 0.25) is 0 Å². The number of ether oxygens (including phenoxy) is 2. The van der Waals surface area contributed by atoms with Gasteiger partial charge in [-0.3, -0.25) is 4.79 Å². The van der Waals surface area contributed by atoms with Crippen LogP contribution in [0.4, 0.5) is 0 Å². The van der Waals surface area contributed by atoms with E-state index in [1.807, 2.05) is 12.1 Å². The number of methoxy groups -OCH3 is 1. The molecule has 154 valence electrons. The molecule has 10 heteroatoms. The van der Waals surface area contributed by atoms with Crippen molar-refractivity contribution >= 4 is 27.7 Å². The maximum absolute atomic E-state index is 12.3. The van der Waals surface area contributed by atoms with Gasteiger partial charge in [0.15, 0.2) is 6.10 Å². The largest absolute Gasteiger partial charge is 0.497 e. The first-order valence-corrected chi connectivity index (χ1v) is 10.5. The highest BCUT2D eigenvalue weighted by Crippen LogP contribution is 2.17. The third kappa shape index (κ3) is 5.23. The van der Waals surface area contributed by atoms with E-state index < -0.39 is 28.0 Å². The molecule has 0 fully saturated rings. The van der Waals surface area contributed by atoms with Gasteiger partial charge < -0.3 is 19.7 Å². The van der Waals surface area contributed by atoms with Gasteiger partial charge >= 0.3 is 5.97 Å². The van der Waals surface area contributed by atoms with E-state index in [9.17, 15) is 18.0 Å². The Labute approximate surface area is 168 Å². The summed E-state index contributed by atoms with van der Waals surface area (Å²) in [5.41, 5.74) is 1.08. The number of esters is 1. The number of rotatable bonds is 6. The molecule has 2 aliphatic rings. The number of hydrogen-bond donors (Lipinski definition) is 1. The van der Waals surface area contributed by atoms with Crippen molar-refractivity contribution in [2.75, 3.05) is 19.4 Å². The monoisotopic (exact) mass is 419 g/mol. The lowest BCUT2D eigenvalue weighted by Gasteiger charge is -2.27. The van der Waals surface area contributed by atoms with Crippen molar-refractivity contribution in [1.82, 2.24) is 10.2 Å². The van der Waals surface area contributed by atoms with Crippen LogP contribution in [0, 0.1) is 0 Å². The smallest absolute Gasteiger partial charge is 0.340 e. The van der Waals surface area contributed by atoms with Crippen LogP contribution in [0.1, 0.15) is 12.5 Å². The van der Waals surface area contributed by atoms with Crippen molar-refractivity contribution in [3.8, 4) is 5.75 Å². The van der Waals surface area contributed by atoms with Crippen molar-refractivity contribution < 1.29 is 27.5 Å². The molecule has 0 unspecified atom stereocenters. The number of amides is 1. The van der Waals surface area contributed by atoms with E-state index in [0.717, 1.165) is 11.3 Å². The summed E-state index contributed by atoms with van der Waals surface area (Å²) in [7, 11) is -1.89. The Morgan fingerprint density at radius 1 is 1.24 bits per heavy atom. The van der Waals surface area contributed by atoms with Crippen LogP contribution >= 0.6 is 0 Å². The first-order chi connectivity index (χ1) is 13.8. The first-order valence-electron chi connectivity index (χ1n) is 8.88. The molecule has 2 heterocycles. The number of nitrogens with one attached hydrogen (secondary N) is 1. The van der Waals surface area contributed by atoms with E-state index in [0.29, 0.717) is 0 Å². The molecule has 0 spiro atoms. The highest BCUT2D eigenvalue weighted by molar-refractivity contribution is 7.90. The Morgan fingerprint density at radius 3 is 2.66 bits per heavy atom. The predicted molar refractivity (Wildman–Crippen MR) is 106 cm³/mol. The van der Waals surface area contributed by atoms with Crippen molar-refractivity contribution in [2.45, 2.75) is 19.6 Å². The molecule has 9 nitrogen and oxygen atoms in total. The quantitative estimate of drug-likeness (QED) is 0.677. The Hall–Kier alpha value is -3.14. The standard InChI is InChI=1S/C19H21N3O6S/c1-13(18(23)20-11-14-3-6-16(27-2)7-4-14)28-19(24)15-5-8-17-21-29(25,26)10-9-22(17)12-15/h3-8,12-13H,9-11H2,1-2H3,(H,20,23)/t13-/m1/s1. The second-order valence-electron chi connectivity index (χ2n) is 6.46. The van der Waals surface area contributed by atoms with Gasteiger partial charge in [0.25, 0.3) is 15.9 Å². The molecule has 1 aromatic rings. The molecule has 1 amide bonds. The third-order valence-electron chi connectivity index (χ3n) is 4.34. The Morgan fingerprint density at radius 2 is 1.97 bits per heavy atom. The molecule has 0 aliphatic carbocycles. The van der Waals surface area contributed by atoms with Crippen LogP contribution in [-0.2, 0) is 30.9 Å². The number of sulfonamides is 1. The second-order valence-corrected chi connectivity index (χ2v) is 8.21. The van der Waals surface area contributed by atoms with Crippen LogP contribution in [-0.4, -0.2) is 56.5 Å². The van der Waals surface area contributed by atoms with E-state index in [4.69, 9.17) is 9.47 Å². The van der Waals surface area contributed by atoms with Gasteiger partial charge in [-0.2, -0.15) is 0 Å². The fourth-order valence-electron chi connectivity index (χ4n) is 2.68. The first kappa shape index (κ1) is 20.6. The number of nitrogens with zero attached hydrogens (tertiary/aromatic N) is 2. The van der Waals surface area contributed by atoms with Crippen molar-refractivity contribution in [2.24, 2.45) is 4.40 Å². The van der Waals surface area contributed by atoms with E-state index in [1.165, 1.54) is 25.3 Å². The van der Waals surface area contributed by atoms with Gasteiger partial charge in [0.2, 0.25) is 0 Å². The molecule has 0 bridgehead atoms. The molecular weight excluding hydrogens is 398 g/mol. The lowest BCUT2D eigenvalue weighted by Crippen LogP contribution is -2.38. The zero-order valence-electron chi connectivity index (χ0n) is 16.0. The molecule has 1 N–H and O–H groups in total. The molecule has 0 radical (unpaired) electrons. The summed E-state index contributed by atoms with van der Waals surface area (Å²) in [6, 6.07) is 7.23. The summed E-state index contributed by atoms with van der Waals surface area (Å²) < 4.78 is 37.0. The van der Waals surface area contributed by atoms with Gasteiger partial charge in [0.05, 0.1) is 18.4 Å². The van der Waals surface area contributed by atoms with Gasteiger partial charge in [-0.05, 0) is 36.8 Å². The van der Waals surface area contributed by atoms with Crippen LogP contribution in [0.25, 0.3) is 0 Å². The van der Waals surface area contributed by atoms with Gasteiger partial charge in [-0.15, -0.1) is 4.40 Å². The SMILES string of the molecule is COc1ccc(CNC(=O)[C@@H](C)OC(=O)C2=CN3CCS(=O)(=O)N=C3C=C2)cc1. The maximum Gasteiger partial charge on any atom is 0.340 e. The van der Waals surface area contributed by atoms with Crippen LogP contribution in [0.15, 0.2) is 52.6 Å². The Kier molecular flexibility index (Phi) is 6.02. The lowest BCUT2D eigenvalue weighted by atomic mass is 10.2. The number of amidine groups is 1. The molecule has 2 aliphatic heterocycles. The molecule has 1 atom stereocenters. The van der Waals surface area contributed by atoms with Gasteiger partial charge in [-0.1, -0.05) is 12.1 Å². The number of carbonyl (C=O) groups is 2. The molecule has 0 saturated heterocycles. The minimum absolute atomic E-state index is 0.132. The van der Waals surface area contributed by atoms with E-state index in [2.05, 4.69) is 9.71 Å². The number of fused-ring (bicyclic) bond motifs is 1. The summed E-state index contributed by atoms with van der Waals surface area (Å²) >= 11 is 0. The van der Waals surface area contributed by atoms with Gasteiger partial charge in [0, 0.05) is 19.3 Å². The minimum atomic E-state index is -3.46. The summed E-state index contributed by atoms with van der Waals surface area (Å²) in [6.07, 6.45) is 3.33. The van der Waals surface area contributed by atoms with Crippen molar-refractivity contribution in [3.63, 3.8) is 0 Å². The molecule has 0 saturated carbocycles. The topological polar surface area (TPSA) is 114 Å². The van der Waals surface area contributed by atoms with Crippen LogP contribution < -0.4 is 10.1 Å². The molecule has 29 heavy (non-hydrogen) atoms. The highest BCUT2D eigenvalue weighted by Gasteiger charge is 2.26. The Bertz CT molecular complexity index is 995. The number of benzene rings is 1. The zero-order valence-corrected chi connectivity index (χ0v) is 16.8. The molecule has 0 aromatic heterocycles. The normalized spacial score (nSPS) is 18.1. The average molecular weight is 419 g/mol. The van der Waals surface area contributed by atoms with E-state index >= 15 is 0 Å². The second kappa shape index (κ2) is 8.48. The fourth-order valence-corrected chi connectivity index (χ4v) is 3.65. The van der Waals surface area contributed by atoms with Crippen molar-refractivity contribution in [3.05, 3.63) is 53.8 Å². The summed E-state index contributed by atoms with van der Waals surface area (Å²) in [4.78, 5) is 26.1. The average Bonchev–Trinajstić information content (AvgIpc) is 2.71. The fraction of sp³-hybridized carbons (Fsp3) is 0.316. The maximum atomic E-state index is 12.3. The minimum Gasteiger partial charge on any atom is -0.497 e. The van der Waals surface area contributed by atoms with Crippen LogP contribution in [0.3, 0.4) is 0 Å². The van der Waals surface area contributed by atoms with Gasteiger partial charge in [0.1, 0.15) is 11.6 Å². The highest BCUT2D eigenvalue weighted by atomic mass is 32.2. The predicted octanol–water partition coefficient (Wildman–Crippen LogP) is 0.741. The summed E-state index contributed by atoms with van der Waals surface area (Å²) in [5.74, 6) is -0.275. The zero-order chi connectivity index (χ0) is 21.0. The third-order valence-corrected chi connectivity index (χ3v) is 5.50.